The van der Waals surface area contributed by atoms with Gasteiger partial charge >= 0.3 is 0 Å². The molecule has 2 aliphatic rings. The number of nitriles is 1. The Morgan fingerprint density at radius 3 is 3.00 bits per heavy atom. The standard InChI is InChI=1S/C11H9N3/c12-4-9-3-10-8(6-14-9)5-13-7-11(10)1-2-11/h3,5-6H,1-2,7H2. The van der Waals surface area contributed by atoms with Crippen LogP contribution in [0.1, 0.15) is 29.7 Å². The monoisotopic (exact) mass is 183 g/mol. The molecule has 3 heteroatoms. The fraction of sp³-hybridized carbons (Fsp3) is 0.364. The molecule has 0 atom stereocenters. The van der Waals surface area contributed by atoms with Gasteiger partial charge in [-0.15, -0.1) is 0 Å². The van der Waals surface area contributed by atoms with Crippen molar-refractivity contribution in [1.82, 2.24) is 4.98 Å². The summed E-state index contributed by atoms with van der Waals surface area (Å²) >= 11 is 0. The topological polar surface area (TPSA) is 49.0 Å². The third-order valence-corrected chi connectivity index (χ3v) is 3.10. The van der Waals surface area contributed by atoms with Crippen molar-refractivity contribution < 1.29 is 0 Å². The van der Waals surface area contributed by atoms with Crippen molar-refractivity contribution in [3.63, 3.8) is 0 Å². The molecule has 3 nitrogen and oxygen atoms in total. The summed E-state index contributed by atoms with van der Waals surface area (Å²) in [7, 11) is 0. The van der Waals surface area contributed by atoms with E-state index in [0.717, 1.165) is 12.1 Å². The van der Waals surface area contributed by atoms with Crippen LogP contribution >= 0.6 is 0 Å². The first-order valence-corrected chi connectivity index (χ1v) is 4.75. The lowest BCUT2D eigenvalue weighted by Gasteiger charge is -2.19. The van der Waals surface area contributed by atoms with Crippen molar-refractivity contribution in [2.75, 3.05) is 6.54 Å². The molecule has 0 amide bonds. The molecule has 1 fully saturated rings. The first-order chi connectivity index (χ1) is 6.84. The maximum absolute atomic E-state index is 8.78. The van der Waals surface area contributed by atoms with Gasteiger partial charge < -0.3 is 0 Å². The van der Waals surface area contributed by atoms with Gasteiger partial charge in [0.05, 0.1) is 0 Å². The molecule has 0 radical (unpaired) electrons. The van der Waals surface area contributed by atoms with E-state index in [1.165, 1.54) is 18.4 Å². The third-order valence-electron chi connectivity index (χ3n) is 3.10. The average molecular weight is 183 g/mol. The summed E-state index contributed by atoms with van der Waals surface area (Å²) in [5.41, 5.74) is 3.15. The van der Waals surface area contributed by atoms with Crippen molar-refractivity contribution in [2.45, 2.75) is 18.3 Å². The van der Waals surface area contributed by atoms with Crippen LogP contribution in [0.25, 0.3) is 0 Å². The van der Waals surface area contributed by atoms with Crippen LogP contribution in [0.2, 0.25) is 0 Å². The predicted molar refractivity (Wildman–Crippen MR) is 52.3 cm³/mol. The van der Waals surface area contributed by atoms with Crippen molar-refractivity contribution in [1.29, 1.82) is 5.26 Å². The maximum atomic E-state index is 8.78. The zero-order valence-corrected chi connectivity index (χ0v) is 7.70. The van der Waals surface area contributed by atoms with E-state index in [1.54, 1.807) is 6.20 Å². The maximum Gasteiger partial charge on any atom is 0.140 e. The minimum Gasteiger partial charge on any atom is -0.292 e. The Bertz CT molecular complexity index is 464. The normalized spacial score (nSPS) is 20.2. The number of nitrogens with zero attached hydrogens (tertiary/aromatic N) is 3. The van der Waals surface area contributed by atoms with Crippen LogP contribution in [0.3, 0.4) is 0 Å². The minimum absolute atomic E-state index is 0.263. The lowest BCUT2D eigenvalue weighted by Crippen LogP contribution is -2.18. The average Bonchev–Trinajstić information content (AvgIpc) is 2.99. The molecular formula is C11H9N3. The van der Waals surface area contributed by atoms with Crippen LogP contribution in [-0.2, 0) is 5.41 Å². The van der Waals surface area contributed by atoms with Crippen molar-refractivity contribution in [3.05, 3.63) is 29.1 Å². The van der Waals surface area contributed by atoms with E-state index >= 15 is 0 Å². The van der Waals surface area contributed by atoms with Gasteiger partial charge in [0.2, 0.25) is 0 Å². The highest BCUT2D eigenvalue weighted by Crippen LogP contribution is 2.50. The molecule has 0 bridgehead atoms. The number of rotatable bonds is 0. The molecule has 0 N–H and O–H groups in total. The molecule has 1 spiro atoms. The van der Waals surface area contributed by atoms with Gasteiger partial charge in [-0.05, 0) is 24.5 Å². The summed E-state index contributed by atoms with van der Waals surface area (Å²) in [5.74, 6) is 0. The molecule has 2 heterocycles. The molecule has 1 saturated carbocycles. The first-order valence-electron chi connectivity index (χ1n) is 4.75. The van der Waals surface area contributed by atoms with Gasteiger partial charge in [0.1, 0.15) is 11.8 Å². The second-order valence-electron chi connectivity index (χ2n) is 4.02. The predicted octanol–water partition coefficient (Wildman–Crippen LogP) is 1.42. The molecule has 0 aromatic carbocycles. The van der Waals surface area contributed by atoms with E-state index in [-0.39, 0.29) is 5.41 Å². The van der Waals surface area contributed by atoms with E-state index in [1.807, 2.05) is 12.3 Å². The van der Waals surface area contributed by atoms with Crippen molar-refractivity contribution in [2.24, 2.45) is 4.99 Å². The highest BCUT2D eigenvalue weighted by Gasteiger charge is 2.46. The Hall–Kier alpha value is -1.69. The van der Waals surface area contributed by atoms with Gasteiger partial charge in [0.15, 0.2) is 0 Å². The zero-order valence-electron chi connectivity index (χ0n) is 7.70. The van der Waals surface area contributed by atoms with Crippen LogP contribution in [0.5, 0.6) is 0 Å². The smallest absolute Gasteiger partial charge is 0.140 e. The number of pyridine rings is 1. The van der Waals surface area contributed by atoms with Gasteiger partial charge in [-0.2, -0.15) is 5.26 Å². The Balaban J connectivity index is 2.21. The highest BCUT2D eigenvalue weighted by molar-refractivity contribution is 5.84. The van der Waals surface area contributed by atoms with Crippen LogP contribution in [0, 0.1) is 11.3 Å². The van der Waals surface area contributed by atoms with Gasteiger partial charge in [-0.3, -0.25) is 4.99 Å². The molecule has 14 heavy (non-hydrogen) atoms. The number of fused-ring (bicyclic) bond motifs is 2. The molecule has 3 rings (SSSR count). The number of hydrogen-bond donors (Lipinski definition) is 0. The Morgan fingerprint density at radius 1 is 1.43 bits per heavy atom. The fourth-order valence-corrected chi connectivity index (χ4v) is 2.07. The van der Waals surface area contributed by atoms with E-state index < -0.39 is 0 Å². The van der Waals surface area contributed by atoms with Crippen LogP contribution in [-0.4, -0.2) is 17.7 Å². The molecule has 0 saturated heterocycles. The van der Waals surface area contributed by atoms with E-state index in [2.05, 4.69) is 16.0 Å². The molecule has 1 aliphatic carbocycles. The highest BCUT2D eigenvalue weighted by atomic mass is 14.8. The van der Waals surface area contributed by atoms with Crippen LogP contribution < -0.4 is 0 Å². The van der Waals surface area contributed by atoms with Gasteiger partial charge in [0, 0.05) is 29.9 Å². The molecule has 0 unspecified atom stereocenters. The minimum atomic E-state index is 0.263. The first kappa shape index (κ1) is 7.69. The second kappa shape index (κ2) is 2.42. The summed E-state index contributed by atoms with van der Waals surface area (Å²) < 4.78 is 0. The summed E-state index contributed by atoms with van der Waals surface area (Å²) in [6.07, 6.45) is 6.03. The van der Waals surface area contributed by atoms with E-state index in [4.69, 9.17) is 5.26 Å². The van der Waals surface area contributed by atoms with Crippen molar-refractivity contribution >= 4 is 6.21 Å². The quantitative estimate of drug-likeness (QED) is 0.610. The second-order valence-corrected chi connectivity index (χ2v) is 4.02. The Labute approximate surface area is 82.1 Å². The summed E-state index contributed by atoms with van der Waals surface area (Å²) in [6, 6.07) is 4.01. The summed E-state index contributed by atoms with van der Waals surface area (Å²) in [4.78, 5) is 8.39. The largest absolute Gasteiger partial charge is 0.292 e. The number of aromatic nitrogens is 1. The van der Waals surface area contributed by atoms with Crippen LogP contribution in [0.4, 0.5) is 0 Å². The number of aliphatic imine (C=N–C) groups is 1. The fourth-order valence-electron chi connectivity index (χ4n) is 2.07. The SMILES string of the molecule is N#Cc1cc2c(cn1)C=NCC21CC1. The zero-order chi connectivity index (χ0) is 9.60. The van der Waals surface area contributed by atoms with E-state index in [0.29, 0.717) is 5.69 Å². The molecular weight excluding hydrogens is 174 g/mol. The van der Waals surface area contributed by atoms with Gasteiger partial charge in [-0.1, -0.05) is 0 Å². The Kier molecular flexibility index (Phi) is 1.33. The number of hydrogen-bond acceptors (Lipinski definition) is 3. The molecule has 1 aromatic rings. The van der Waals surface area contributed by atoms with Crippen LogP contribution in [0.15, 0.2) is 17.3 Å². The lowest BCUT2D eigenvalue weighted by molar-refractivity contribution is 0.694. The van der Waals surface area contributed by atoms with Gasteiger partial charge in [-0.25, -0.2) is 4.98 Å². The third kappa shape index (κ3) is 0.912. The lowest BCUT2D eigenvalue weighted by atomic mass is 9.90. The van der Waals surface area contributed by atoms with Gasteiger partial charge in [0.25, 0.3) is 0 Å². The molecule has 1 aliphatic heterocycles. The molecule has 68 valence electrons. The summed E-state index contributed by atoms with van der Waals surface area (Å²) in [6.45, 7) is 0.884. The van der Waals surface area contributed by atoms with Crippen molar-refractivity contribution in [3.8, 4) is 6.07 Å². The summed E-state index contributed by atoms with van der Waals surface area (Å²) in [5, 5.41) is 8.78. The van der Waals surface area contributed by atoms with E-state index in [9.17, 15) is 0 Å². The Morgan fingerprint density at radius 2 is 2.29 bits per heavy atom. The molecule has 1 aromatic heterocycles.